The van der Waals surface area contributed by atoms with Crippen LogP contribution in [0.1, 0.15) is 65.2 Å². The van der Waals surface area contributed by atoms with Crippen LogP contribution in [0.25, 0.3) is 0 Å². The molecule has 1 heterocycles. The van der Waals surface area contributed by atoms with Crippen LogP contribution in [0.5, 0.6) is 0 Å². The van der Waals surface area contributed by atoms with Gasteiger partial charge in [-0.05, 0) is 51.4 Å². The van der Waals surface area contributed by atoms with Gasteiger partial charge in [-0.2, -0.15) is 0 Å². The van der Waals surface area contributed by atoms with Crippen LogP contribution in [0.2, 0.25) is 0 Å². The van der Waals surface area contributed by atoms with Gasteiger partial charge in [0.15, 0.2) is 0 Å². The van der Waals surface area contributed by atoms with Crippen LogP contribution in [-0.2, 0) is 4.74 Å². The van der Waals surface area contributed by atoms with Crippen molar-refractivity contribution in [1.29, 1.82) is 0 Å². The van der Waals surface area contributed by atoms with E-state index < -0.39 is 0 Å². The van der Waals surface area contributed by atoms with Crippen molar-refractivity contribution in [2.45, 2.75) is 82.3 Å². The van der Waals surface area contributed by atoms with Crippen molar-refractivity contribution in [3.63, 3.8) is 0 Å². The minimum atomic E-state index is 0.303. The van der Waals surface area contributed by atoms with Gasteiger partial charge in [0.05, 0.1) is 11.7 Å². The molecule has 1 nitrogen and oxygen atoms in total. The van der Waals surface area contributed by atoms with Crippen molar-refractivity contribution in [1.82, 2.24) is 0 Å². The van der Waals surface area contributed by atoms with E-state index in [1.54, 1.807) is 0 Å². The first-order valence-electron chi connectivity index (χ1n) is 6.91. The van der Waals surface area contributed by atoms with E-state index in [-0.39, 0.29) is 0 Å². The molecule has 0 amide bonds. The molecule has 1 spiro atoms. The highest BCUT2D eigenvalue weighted by Crippen LogP contribution is 2.44. The zero-order valence-electron chi connectivity index (χ0n) is 10.7. The molecule has 0 bridgehead atoms. The predicted molar refractivity (Wildman–Crippen MR) is 69.0 cm³/mol. The van der Waals surface area contributed by atoms with Crippen molar-refractivity contribution in [2.24, 2.45) is 5.92 Å². The summed E-state index contributed by atoms with van der Waals surface area (Å²) >= 11 is 6.04. The monoisotopic (exact) mass is 244 g/mol. The fourth-order valence-electron chi connectivity index (χ4n) is 3.55. The number of hydrogen-bond acceptors (Lipinski definition) is 1. The number of hydrogen-bond donors (Lipinski definition) is 0. The Hall–Kier alpha value is 0.250. The summed E-state index contributed by atoms with van der Waals surface area (Å²) < 4.78 is 6.32. The molecular weight excluding hydrogens is 220 g/mol. The molecule has 0 radical (unpaired) electrons. The van der Waals surface area contributed by atoms with Gasteiger partial charge in [0, 0.05) is 5.38 Å². The average Bonchev–Trinajstić information content (AvgIpc) is 2.76. The maximum atomic E-state index is 6.32. The van der Waals surface area contributed by atoms with Crippen LogP contribution in [0.4, 0.5) is 0 Å². The molecule has 2 rings (SSSR count). The second-order valence-electron chi connectivity index (χ2n) is 6.03. The molecular formula is C14H25ClO. The van der Waals surface area contributed by atoms with Crippen LogP contribution in [0.3, 0.4) is 0 Å². The highest BCUT2D eigenvalue weighted by Gasteiger charge is 2.42. The average molecular weight is 245 g/mol. The van der Waals surface area contributed by atoms with Crippen molar-refractivity contribution in [3.8, 4) is 0 Å². The predicted octanol–water partition coefficient (Wildman–Crippen LogP) is 4.52. The van der Waals surface area contributed by atoms with E-state index in [1.807, 2.05) is 0 Å². The number of rotatable bonds is 4. The van der Waals surface area contributed by atoms with Crippen LogP contribution >= 0.6 is 11.6 Å². The third kappa shape index (κ3) is 3.13. The van der Waals surface area contributed by atoms with Crippen LogP contribution in [0, 0.1) is 5.92 Å². The normalized spacial score (nSPS) is 32.1. The largest absolute Gasteiger partial charge is 0.372 e. The minimum absolute atomic E-state index is 0.303. The van der Waals surface area contributed by atoms with Crippen LogP contribution in [0.15, 0.2) is 0 Å². The highest BCUT2D eigenvalue weighted by atomic mass is 35.5. The Morgan fingerprint density at radius 1 is 1.25 bits per heavy atom. The van der Waals surface area contributed by atoms with Crippen LogP contribution < -0.4 is 0 Å². The summed E-state index contributed by atoms with van der Waals surface area (Å²) in [5.41, 5.74) is 0.303. The molecule has 0 aromatic carbocycles. The van der Waals surface area contributed by atoms with Crippen LogP contribution in [-0.4, -0.2) is 17.1 Å². The first kappa shape index (κ1) is 12.7. The van der Waals surface area contributed by atoms with E-state index in [2.05, 4.69) is 13.8 Å². The number of halogens is 1. The van der Waals surface area contributed by atoms with Crippen molar-refractivity contribution in [3.05, 3.63) is 0 Å². The first-order valence-corrected chi connectivity index (χ1v) is 7.35. The van der Waals surface area contributed by atoms with Gasteiger partial charge < -0.3 is 4.74 Å². The fraction of sp³-hybridized carbons (Fsp3) is 1.00. The summed E-state index contributed by atoms with van der Waals surface area (Å²) in [6, 6.07) is 0. The summed E-state index contributed by atoms with van der Waals surface area (Å²) in [5, 5.41) is 0.303. The Balaban J connectivity index is 1.76. The molecule has 1 saturated carbocycles. The maximum absolute atomic E-state index is 6.32. The van der Waals surface area contributed by atoms with E-state index in [4.69, 9.17) is 16.3 Å². The van der Waals surface area contributed by atoms with Gasteiger partial charge in [0.25, 0.3) is 0 Å². The topological polar surface area (TPSA) is 9.23 Å². The van der Waals surface area contributed by atoms with Gasteiger partial charge in [0.1, 0.15) is 0 Å². The van der Waals surface area contributed by atoms with E-state index in [1.165, 1.54) is 44.9 Å². The molecule has 0 aromatic heterocycles. The molecule has 3 atom stereocenters. The summed E-state index contributed by atoms with van der Waals surface area (Å²) in [4.78, 5) is 0. The second kappa shape index (κ2) is 5.27. The fourth-order valence-corrected chi connectivity index (χ4v) is 3.85. The standard InChI is InChI=1S/C14H25ClO/c1-11(9-12(2)15)10-13-5-8-14(16-13)6-3-4-7-14/h11-13H,3-10H2,1-2H3. The summed E-state index contributed by atoms with van der Waals surface area (Å²) in [6.45, 7) is 4.40. The zero-order chi connectivity index (χ0) is 11.6. The van der Waals surface area contributed by atoms with E-state index in [0.29, 0.717) is 23.0 Å². The molecule has 16 heavy (non-hydrogen) atoms. The number of ether oxygens (including phenoxy) is 1. The summed E-state index contributed by atoms with van der Waals surface area (Å²) in [5.74, 6) is 0.703. The van der Waals surface area contributed by atoms with E-state index in [0.717, 1.165) is 6.42 Å². The zero-order valence-corrected chi connectivity index (χ0v) is 11.4. The van der Waals surface area contributed by atoms with Gasteiger partial charge >= 0.3 is 0 Å². The molecule has 94 valence electrons. The molecule has 2 fully saturated rings. The van der Waals surface area contributed by atoms with Crippen molar-refractivity contribution >= 4 is 11.6 Å². The SMILES string of the molecule is CC(Cl)CC(C)CC1CCC2(CCCC2)O1. The first-order chi connectivity index (χ1) is 7.60. The number of alkyl halides is 1. The lowest BCUT2D eigenvalue weighted by atomic mass is 9.95. The van der Waals surface area contributed by atoms with Gasteiger partial charge in [0.2, 0.25) is 0 Å². The lowest BCUT2D eigenvalue weighted by Gasteiger charge is -2.25. The third-order valence-electron chi connectivity index (χ3n) is 4.25. The summed E-state index contributed by atoms with van der Waals surface area (Å²) in [6.07, 6.45) is 10.8. The Morgan fingerprint density at radius 2 is 1.94 bits per heavy atom. The molecule has 2 aliphatic rings. The third-order valence-corrected chi connectivity index (χ3v) is 4.42. The quantitative estimate of drug-likeness (QED) is 0.661. The van der Waals surface area contributed by atoms with Crippen molar-refractivity contribution in [2.75, 3.05) is 0 Å². The minimum Gasteiger partial charge on any atom is -0.372 e. The molecule has 3 unspecified atom stereocenters. The molecule has 0 aromatic rings. The Kier molecular flexibility index (Phi) is 4.18. The molecule has 2 heteroatoms. The van der Waals surface area contributed by atoms with Gasteiger partial charge in [-0.3, -0.25) is 0 Å². The highest BCUT2D eigenvalue weighted by molar-refractivity contribution is 6.20. The Labute approximate surface area is 105 Å². The van der Waals surface area contributed by atoms with Gasteiger partial charge in [-0.1, -0.05) is 19.8 Å². The smallest absolute Gasteiger partial charge is 0.0687 e. The lowest BCUT2D eigenvalue weighted by Crippen LogP contribution is -2.25. The van der Waals surface area contributed by atoms with Crippen molar-refractivity contribution < 1.29 is 4.74 Å². The summed E-state index contributed by atoms with van der Waals surface area (Å²) in [7, 11) is 0. The van der Waals surface area contributed by atoms with E-state index in [9.17, 15) is 0 Å². The van der Waals surface area contributed by atoms with Gasteiger partial charge in [-0.25, -0.2) is 0 Å². The van der Waals surface area contributed by atoms with Gasteiger partial charge in [-0.15, -0.1) is 11.6 Å². The molecule has 1 aliphatic carbocycles. The molecule has 0 N–H and O–H groups in total. The Bertz CT molecular complexity index is 221. The Morgan fingerprint density at radius 3 is 2.56 bits per heavy atom. The molecule has 1 saturated heterocycles. The molecule has 1 aliphatic heterocycles. The lowest BCUT2D eigenvalue weighted by molar-refractivity contribution is -0.0437. The maximum Gasteiger partial charge on any atom is 0.0687 e. The van der Waals surface area contributed by atoms with E-state index >= 15 is 0 Å². The second-order valence-corrected chi connectivity index (χ2v) is 6.77.